The number of nitrogen functional groups attached to an aromatic ring is 1. The molecule has 1 heterocycles. The Kier molecular flexibility index (Phi) is 4.42. The fourth-order valence-corrected chi connectivity index (χ4v) is 3.44. The van der Waals surface area contributed by atoms with Gasteiger partial charge in [-0.25, -0.2) is 0 Å². The first kappa shape index (κ1) is 17.0. The third kappa shape index (κ3) is 2.97. The summed E-state index contributed by atoms with van der Waals surface area (Å²) in [6.45, 7) is 0. The number of nitrogens with zero attached hydrogens (tertiary/aromatic N) is 2. The summed E-state index contributed by atoms with van der Waals surface area (Å²) in [5, 5.41) is 10.5. The van der Waals surface area contributed by atoms with Crippen LogP contribution in [0, 0.1) is 11.3 Å². The van der Waals surface area contributed by atoms with E-state index in [1.54, 1.807) is 0 Å². The molecule has 4 aromatic rings. The molecule has 27 heavy (non-hydrogen) atoms. The van der Waals surface area contributed by atoms with Gasteiger partial charge in [0.25, 0.3) is 0 Å². The normalized spacial score (nSPS) is 10.5. The number of nitrogens with two attached hydrogens (primary N) is 1. The van der Waals surface area contributed by atoms with E-state index in [2.05, 4.69) is 6.07 Å². The van der Waals surface area contributed by atoms with Crippen LogP contribution in [0.2, 0.25) is 5.02 Å². The molecule has 1 aromatic heterocycles. The molecule has 4 rings (SSSR count). The van der Waals surface area contributed by atoms with E-state index in [9.17, 15) is 5.26 Å². The van der Waals surface area contributed by atoms with Crippen molar-refractivity contribution in [3.63, 3.8) is 0 Å². The van der Waals surface area contributed by atoms with Crippen LogP contribution in [0.15, 0.2) is 84.9 Å². The minimum absolute atomic E-state index is 0.414. The van der Waals surface area contributed by atoms with Crippen LogP contribution >= 0.6 is 11.6 Å². The van der Waals surface area contributed by atoms with Gasteiger partial charge < -0.3 is 5.73 Å². The number of nitriles is 1. The fourth-order valence-electron chi connectivity index (χ4n) is 3.32. The largest absolute Gasteiger partial charge is 0.384 e. The Morgan fingerprint density at radius 2 is 1.33 bits per heavy atom. The Hall–Kier alpha value is -3.48. The van der Waals surface area contributed by atoms with Crippen molar-refractivity contribution in [2.24, 2.45) is 0 Å². The summed E-state index contributed by atoms with van der Waals surface area (Å²) in [7, 11) is 0. The van der Waals surface area contributed by atoms with E-state index in [1.165, 1.54) is 0 Å². The molecule has 0 bridgehead atoms. The molecular weight excluding hydrogens is 354 g/mol. The highest BCUT2D eigenvalue weighted by Gasteiger charge is 2.24. The van der Waals surface area contributed by atoms with Crippen molar-refractivity contribution in [1.82, 2.24) is 4.57 Å². The molecule has 0 amide bonds. The molecule has 0 aliphatic carbocycles. The molecule has 0 atom stereocenters. The van der Waals surface area contributed by atoms with E-state index in [4.69, 9.17) is 17.3 Å². The number of hydrogen-bond donors (Lipinski definition) is 1. The lowest BCUT2D eigenvalue weighted by Gasteiger charge is -2.13. The molecule has 0 saturated heterocycles. The Morgan fingerprint density at radius 1 is 0.778 bits per heavy atom. The van der Waals surface area contributed by atoms with Gasteiger partial charge in [-0.15, -0.1) is 0 Å². The van der Waals surface area contributed by atoms with Gasteiger partial charge in [0.2, 0.25) is 0 Å². The first-order valence-corrected chi connectivity index (χ1v) is 8.89. The zero-order chi connectivity index (χ0) is 18.8. The standard InChI is InChI=1S/C23H16ClN3/c24-18-11-13-19(14-12-18)27-22(17-9-5-2-6-10-17)21(20(15-25)23(27)26)16-7-3-1-4-8-16/h1-14H,26H2. The van der Waals surface area contributed by atoms with Gasteiger partial charge in [-0.2, -0.15) is 5.26 Å². The van der Waals surface area contributed by atoms with Crippen LogP contribution in [0.4, 0.5) is 5.82 Å². The summed E-state index contributed by atoms with van der Waals surface area (Å²) in [5.41, 5.74) is 11.4. The van der Waals surface area contributed by atoms with Crippen LogP contribution in [0.25, 0.3) is 28.1 Å². The average molecular weight is 370 g/mol. The topological polar surface area (TPSA) is 54.7 Å². The quantitative estimate of drug-likeness (QED) is 0.487. The smallest absolute Gasteiger partial charge is 0.127 e. The van der Waals surface area contributed by atoms with Crippen LogP contribution in [0.5, 0.6) is 0 Å². The van der Waals surface area contributed by atoms with Crippen molar-refractivity contribution in [2.45, 2.75) is 0 Å². The first-order valence-electron chi connectivity index (χ1n) is 8.51. The second-order valence-corrected chi connectivity index (χ2v) is 6.58. The number of rotatable bonds is 3. The highest BCUT2D eigenvalue weighted by molar-refractivity contribution is 6.30. The lowest BCUT2D eigenvalue weighted by molar-refractivity contribution is 1.10. The van der Waals surface area contributed by atoms with Crippen molar-refractivity contribution in [3.8, 4) is 34.1 Å². The Balaban J connectivity index is 2.12. The van der Waals surface area contributed by atoms with Crippen LogP contribution in [0.3, 0.4) is 0 Å². The predicted octanol–water partition coefficient (Wildman–Crippen LogP) is 5.92. The molecule has 3 aromatic carbocycles. The van der Waals surface area contributed by atoms with Gasteiger partial charge in [0.15, 0.2) is 0 Å². The van der Waals surface area contributed by atoms with Crippen LogP contribution in [-0.2, 0) is 0 Å². The zero-order valence-corrected chi connectivity index (χ0v) is 15.2. The Labute approximate surface area is 162 Å². The monoisotopic (exact) mass is 369 g/mol. The summed E-state index contributed by atoms with van der Waals surface area (Å²) >= 11 is 6.06. The molecule has 130 valence electrons. The number of hydrogen-bond acceptors (Lipinski definition) is 2. The average Bonchev–Trinajstić information content (AvgIpc) is 3.02. The minimum Gasteiger partial charge on any atom is -0.384 e. The summed E-state index contributed by atoms with van der Waals surface area (Å²) in [6, 6.07) is 29.6. The van der Waals surface area contributed by atoms with Crippen molar-refractivity contribution in [3.05, 3.63) is 95.5 Å². The molecular formula is C23H16ClN3. The van der Waals surface area contributed by atoms with Gasteiger partial charge in [0, 0.05) is 16.3 Å². The highest BCUT2D eigenvalue weighted by atomic mass is 35.5. The van der Waals surface area contributed by atoms with Crippen LogP contribution in [-0.4, -0.2) is 4.57 Å². The predicted molar refractivity (Wildman–Crippen MR) is 111 cm³/mol. The molecule has 0 unspecified atom stereocenters. The van der Waals surface area contributed by atoms with Gasteiger partial charge in [-0.05, 0) is 35.4 Å². The molecule has 0 spiro atoms. The molecule has 2 N–H and O–H groups in total. The molecule has 0 saturated carbocycles. The lowest BCUT2D eigenvalue weighted by atomic mass is 9.98. The van der Waals surface area contributed by atoms with Gasteiger partial charge in [0.1, 0.15) is 17.5 Å². The maximum Gasteiger partial charge on any atom is 0.127 e. The second kappa shape index (κ2) is 7.03. The number of anilines is 1. The fraction of sp³-hybridized carbons (Fsp3) is 0. The van der Waals surface area contributed by atoms with Gasteiger partial charge in [-0.3, -0.25) is 4.57 Å². The third-order valence-electron chi connectivity index (χ3n) is 4.51. The molecule has 0 radical (unpaired) electrons. The number of benzene rings is 3. The van der Waals surface area contributed by atoms with E-state index in [-0.39, 0.29) is 0 Å². The maximum atomic E-state index is 9.87. The van der Waals surface area contributed by atoms with E-state index in [0.717, 1.165) is 28.1 Å². The third-order valence-corrected chi connectivity index (χ3v) is 4.77. The van der Waals surface area contributed by atoms with Crippen molar-refractivity contribution >= 4 is 17.4 Å². The van der Waals surface area contributed by atoms with Gasteiger partial charge in [-0.1, -0.05) is 72.3 Å². The summed E-state index contributed by atoms with van der Waals surface area (Å²) < 4.78 is 1.92. The summed E-state index contributed by atoms with van der Waals surface area (Å²) in [4.78, 5) is 0. The minimum atomic E-state index is 0.414. The van der Waals surface area contributed by atoms with E-state index in [0.29, 0.717) is 16.4 Å². The van der Waals surface area contributed by atoms with E-state index in [1.807, 2.05) is 89.5 Å². The molecule has 3 nitrogen and oxygen atoms in total. The van der Waals surface area contributed by atoms with Crippen molar-refractivity contribution < 1.29 is 0 Å². The highest BCUT2D eigenvalue weighted by Crippen LogP contribution is 2.42. The Bertz CT molecular complexity index is 1120. The maximum absolute atomic E-state index is 9.87. The molecule has 0 fully saturated rings. The number of aromatic nitrogens is 1. The van der Waals surface area contributed by atoms with Gasteiger partial charge >= 0.3 is 0 Å². The second-order valence-electron chi connectivity index (χ2n) is 6.14. The number of halogens is 1. The van der Waals surface area contributed by atoms with Gasteiger partial charge in [0.05, 0.1) is 5.69 Å². The van der Waals surface area contributed by atoms with Crippen molar-refractivity contribution in [2.75, 3.05) is 5.73 Å². The molecule has 4 heteroatoms. The van der Waals surface area contributed by atoms with Crippen LogP contribution in [0.1, 0.15) is 5.56 Å². The lowest BCUT2D eigenvalue weighted by Crippen LogP contribution is -2.02. The molecule has 0 aliphatic heterocycles. The summed E-state index contributed by atoms with van der Waals surface area (Å²) in [5.74, 6) is 0.414. The van der Waals surface area contributed by atoms with E-state index < -0.39 is 0 Å². The molecule has 0 aliphatic rings. The first-order chi connectivity index (χ1) is 13.2. The summed E-state index contributed by atoms with van der Waals surface area (Å²) in [6.07, 6.45) is 0. The SMILES string of the molecule is N#Cc1c(-c2ccccc2)c(-c2ccccc2)n(-c2ccc(Cl)cc2)c1N. The van der Waals surface area contributed by atoms with Crippen molar-refractivity contribution in [1.29, 1.82) is 5.26 Å². The Morgan fingerprint density at radius 3 is 1.89 bits per heavy atom. The van der Waals surface area contributed by atoms with Crippen LogP contribution < -0.4 is 5.73 Å². The van der Waals surface area contributed by atoms with E-state index >= 15 is 0 Å². The zero-order valence-electron chi connectivity index (χ0n) is 14.4.